The Balaban J connectivity index is 2.43. The molecule has 8 heteroatoms. The van der Waals surface area contributed by atoms with E-state index >= 15 is 0 Å². The maximum atomic E-state index is 13.2. The van der Waals surface area contributed by atoms with Crippen LogP contribution < -0.4 is 4.72 Å². The van der Waals surface area contributed by atoms with Crippen LogP contribution in [0.5, 0.6) is 0 Å². The molecule has 0 bridgehead atoms. The van der Waals surface area contributed by atoms with Gasteiger partial charge >= 0.3 is 0 Å². The van der Waals surface area contributed by atoms with Crippen LogP contribution in [0.25, 0.3) is 0 Å². The van der Waals surface area contributed by atoms with Crippen molar-refractivity contribution >= 4 is 10.2 Å². The van der Waals surface area contributed by atoms with Crippen molar-refractivity contribution in [1.29, 1.82) is 0 Å². The number of hydrogen-bond donors (Lipinski definition) is 1. The third-order valence-corrected chi connectivity index (χ3v) is 5.36. The van der Waals surface area contributed by atoms with Gasteiger partial charge in [-0.1, -0.05) is 26.0 Å². The summed E-state index contributed by atoms with van der Waals surface area (Å²) in [6.07, 6.45) is 3.33. The van der Waals surface area contributed by atoms with Gasteiger partial charge in [0, 0.05) is 32.5 Å². The summed E-state index contributed by atoms with van der Waals surface area (Å²) in [6.45, 7) is 4.28. The molecular formula is C15H21FN4O2S. The van der Waals surface area contributed by atoms with Crippen molar-refractivity contribution < 1.29 is 12.8 Å². The minimum atomic E-state index is -3.69. The summed E-state index contributed by atoms with van der Waals surface area (Å²) in [5.41, 5.74) is 0.622. The van der Waals surface area contributed by atoms with E-state index in [-0.39, 0.29) is 5.82 Å². The van der Waals surface area contributed by atoms with Crippen LogP contribution in [0.1, 0.15) is 31.3 Å². The van der Waals surface area contributed by atoms with Crippen LogP contribution in [0.15, 0.2) is 36.7 Å². The Morgan fingerprint density at radius 3 is 2.35 bits per heavy atom. The molecule has 0 aliphatic rings. The Labute approximate surface area is 136 Å². The van der Waals surface area contributed by atoms with Gasteiger partial charge in [0.15, 0.2) is 0 Å². The number of imidazole rings is 1. The van der Waals surface area contributed by atoms with E-state index in [2.05, 4.69) is 9.71 Å². The fourth-order valence-electron chi connectivity index (χ4n) is 2.37. The second-order valence-electron chi connectivity index (χ2n) is 5.09. The molecule has 0 radical (unpaired) electrons. The van der Waals surface area contributed by atoms with Gasteiger partial charge in [0.1, 0.15) is 17.7 Å². The van der Waals surface area contributed by atoms with E-state index in [1.54, 1.807) is 50.0 Å². The zero-order valence-electron chi connectivity index (χ0n) is 13.4. The van der Waals surface area contributed by atoms with Crippen LogP contribution in [-0.2, 0) is 17.3 Å². The monoisotopic (exact) mass is 340 g/mol. The molecule has 0 aliphatic heterocycles. The Morgan fingerprint density at radius 2 is 1.87 bits per heavy atom. The van der Waals surface area contributed by atoms with E-state index in [0.717, 1.165) is 0 Å². The Hall–Kier alpha value is -1.77. The second-order valence-corrected chi connectivity index (χ2v) is 6.79. The van der Waals surface area contributed by atoms with E-state index < -0.39 is 16.3 Å². The Kier molecular flexibility index (Phi) is 5.51. The Morgan fingerprint density at radius 1 is 1.26 bits per heavy atom. The maximum absolute atomic E-state index is 13.2. The minimum absolute atomic E-state index is 0.364. The average molecular weight is 340 g/mol. The van der Waals surface area contributed by atoms with Crippen LogP contribution in [0, 0.1) is 5.82 Å². The van der Waals surface area contributed by atoms with Crippen LogP contribution in [-0.4, -0.2) is 35.4 Å². The predicted octanol–water partition coefficient (Wildman–Crippen LogP) is 1.82. The summed E-state index contributed by atoms with van der Waals surface area (Å²) < 4.78 is 44.0. The normalized spacial score (nSPS) is 13.4. The van der Waals surface area contributed by atoms with Crippen molar-refractivity contribution in [1.82, 2.24) is 18.6 Å². The molecule has 1 heterocycles. The van der Waals surface area contributed by atoms with Gasteiger partial charge in [0.05, 0.1) is 0 Å². The summed E-state index contributed by atoms with van der Waals surface area (Å²) in [7, 11) is -1.90. The Bertz CT molecular complexity index is 739. The van der Waals surface area contributed by atoms with Crippen molar-refractivity contribution in [2.45, 2.75) is 19.9 Å². The van der Waals surface area contributed by atoms with Crippen LogP contribution in [0.3, 0.4) is 0 Å². The molecule has 2 rings (SSSR count). The number of halogens is 1. The topological polar surface area (TPSA) is 67.2 Å². The number of aromatic nitrogens is 2. The summed E-state index contributed by atoms with van der Waals surface area (Å²) in [6, 6.07) is 5.02. The second kappa shape index (κ2) is 7.20. The number of nitrogens with zero attached hydrogens (tertiary/aromatic N) is 3. The van der Waals surface area contributed by atoms with Crippen molar-refractivity contribution in [2.75, 3.05) is 13.1 Å². The molecule has 1 aromatic heterocycles. The van der Waals surface area contributed by atoms with Gasteiger partial charge in [0.2, 0.25) is 0 Å². The molecular weight excluding hydrogens is 319 g/mol. The van der Waals surface area contributed by atoms with Crippen LogP contribution >= 0.6 is 0 Å². The third-order valence-electron chi connectivity index (χ3n) is 3.63. The molecule has 0 saturated heterocycles. The molecule has 0 amide bonds. The molecule has 0 saturated carbocycles. The highest BCUT2D eigenvalue weighted by Crippen LogP contribution is 2.22. The summed E-state index contributed by atoms with van der Waals surface area (Å²) >= 11 is 0. The van der Waals surface area contributed by atoms with Crippen molar-refractivity contribution in [2.24, 2.45) is 7.05 Å². The largest absolute Gasteiger partial charge is 0.336 e. The third kappa shape index (κ3) is 3.95. The quantitative estimate of drug-likeness (QED) is 0.836. The number of nitrogens with one attached hydrogen (secondary N) is 1. The van der Waals surface area contributed by atoms with E-state index in [9.17, 15) is 12.8 Å². The lowest BCUT2D eigenvalue weighted by Gasteiger charge is -2.24. The first-order chi connectivity index (χ1) is 10.9. The van der Waals surface area contributed by atoms with Gasteiger partial charge in [-0.25, -0.2) is 9.37 Å². The van der Waals surface area contributed by atoms with E-state index in [1.165, 1.54) is 16.4 Å². The smallest absolute Gasteiger partial charge is 0.280 e. The molecule has 0 fully saturated rings. The molecule has 0 unspecified atom stereocenters. The number of benzene rings is 1. The molecule has 2 aromatic rings. The van der Waals surface area contributed by atoms with Gasteiger partial charge in [-0.05, 0) is 17.7 Å². The molecule has 0 aliphatic carbocycles. The highest BCUT2D eigenvalue weighted by atomic mass is 32.2. The van der Waals surface area contributed by atoms with Crippen LogP contribution in [0.4, 0.5) is 4.39 Å². The predicted molar refractivity (Wildman–Crippen MR) is 86.4 cm³/mol. The fraction of sp³-hybridized carbons (Fsp3) is 0.400. The zero-order valence-corrected chi connectivity index (χ0v) is 14.2. The molecule has 1 atom stereocenters. The number of rotatable bonds is 7. The first-order valence-corrected chi connectivity index (χ1v) is 8.83. The zero-order chi connectivity index (χ0) is 17.0. The minimum Gasteiger partial charge on any atom is -0.336 e. The maximum Gasteiger partial charge on any atom is 0.280 e. The summed E-state index contributed by atoms with van der Waals surface area (Å²) in [5, 5.41) is 0. The molecule has 126 valence electrons. The van der Waals surface area contributed by atoms with Gasteiger partial charge < -0.3 is 4.57 Å². The van der Waals surface area contributed by atoms with E-state index in [4.69, 9.17) is 0 Å². The lowest BCUT2D eigenvalue weighted by Crippen LogP contribution is -2.43. The van der Waals surface area contributed by atoms with Crippen molar-refractivity contribution in [3.05, 3.63) is 53.9 Å². The molecule has 23 heavy (non-hydrogen) atoms. The fourth-order valence-corrected chi connectivity index (χ4v) is 3.74. The number of hydrogen-bond acceptors (Lipinski definition) is 3. The number of aryl methyl sites for hydroxylation is 1. The first kappa shape index (κ1) is 17.6. The lowest BCUT2D eigenvalue weighted by molar-refractivity contribution is 0.428. The highest BCUT2D eigenvalue weighted by Gasteiger charge is 2.27. The van der Waals surface area contributed by atoms with Crippen molar-refractivity contribution in [3.63, 3.8) is 0 Å². The molecule has 0 spiro atoms. The summed E-state index contributed by atoms with van der Waals surface area (Å²) in [5.74, 6) is 0.159. The summed E-state index contributed by atoms with van der Waals surface area (Å²) in [4.78, 5) is 4.23. The first-order valence-electron chi connectivity index (χ1n) is 7.39. The van der Waals surface area contributed by atoms with Crippen LogP contribution in [0.2, 0.25) is 0 Å². The molecule has 1 aromatic carbocycles. The molecule has 6 nitrogen and oxygen atoms in total. The average Bonchev–Trinajstić information content (AvgIpc) is 2.93. The van der Waals surface area contributed by atoms with E-state index in [1.807, 2.05) is 0 Å². The van der Waals surface area contributed by atoms with E-state index in [0.29, 0.717) is 24.5 Å². The SMILES string of the molecule is CCN(CC)S(=O)(=O)N[C@H](c1ccc(F)cc1)c1nccn1C. The highest BCUT2D eigenvalue weighted by molar-refractivity contribution is 7.87. The van der Waals surface area contributed by atoms with Gasteiger partial charge in [-0.15, -0.1) is 0 Å². The van der Waals surface area contributed by atoms with Gasteiger partial charge in [-0.2, -0.15) is 17.4 Å². The van der Waals surface area contributed by atoms with Gasteiger partial charge in [-0.3, -0.25) is 0 Å². The van der Waals surface area contributed by atoms with Crippen molar-refractivity contribution in [3.8, 4) is 0 Å². The standard InChI is InChI=1S/C15H21FN4O2S/c1-4-20(5-2)23(21,22)18-14(15-17-10-11-19(15)3)12-6-8-13(16)9-7-12/h6-11,14,18H,4-5H2,1-3H3/t14-/m1/s1. The van der Waals surface area contributed by atoms with Gasteiger partial charge in [0.25, 0.3) is 10.2 Å². The lowest BCUT2D eigenvalue weighted by atomic mass is 10.1. The molecule has 1 N–H and O–H groups in total.